The lowest BCUT2D eigenvalue weighted by atomic mass is 9.70. The molecular formula is C19H21NO3. The number of benzene rings is 1. The second kappa shape index (κ2) is 4.70. The molecule has 0 aliphatic heterocycles. The highest BCUT2D eigenvalue weighted by Gasteiger charge is 2.60. The third kappa shape index (κ3) is 1.97. The number of oxime groups is 1. The normalized spacial score (nSPS) is 30.2. The van der Waals surface area contributed by atoms with Crippen molar-refractivity contribution in [3.05, 3.63) is 36.1 Å². The summed E-state index contributed by atoms with van der Waals surface area (Å²) in [6, 6.07) is 9.22. The number of rotatable bonds is 2. The van der Waals surface area contributed by atoms with Gasteiger partial charge in [0.05, 0.1) is 5.71 Å². The number of nitrogens with zero attached hydrogens (tertiary/aromatic N) is 1. The van der Waals surface area contributed by atoms with Gasteiger partial charge >= 0.3 is 5.97 Å². The summed E-state index contributed by atoms with van der Waals surface area (Å²) in [7, 11) is 0. The predicted molar refractivity (Wildman–Crippen MR) is 88.3 cm³/mol. The Bertz CT molecular complexity index is 784. The van der Waals surface area contributed by atoms with E-state index in [1.165, 1.54) is 6.42 Å². The average molecular weight is 311 g/mol. The fourth-order valence-electron chi connectivity index (χ4n) is 4.29. The molecule has 4 rings (SSSR count). The standard InChI is InChI=1S/C19H21NO3/c1-18(2)13-8-9-19(18,3)16(11-13)20-23-17(21)15-10-12-6-4-5-7-14(12)22-15/h4-7,10,13H,8-9,11H2,1-3H3/b20-16-/t13-,19-/m1/s1. The second-order valence-corrected chi connectivity index (χ2v) is 7.56. The van der Waals surface area contributed by atoms with E-state index in [0.29, 0.717) is 11.5 Å². The monoisotopic (exact) mass is 311 g/mol. The molecule has 1 aromatic heterocycles. The van der Waals surface area contributed by atoms with Crippen molar-refractivity contribution >= 4 is 22.7 Å². The van der Waals surface area contributed by atoms with E-state index < -0.39 is 5.97 Å². The first-order chi connectivity index (χ1) is 10.9. The summed E-state index contributed by atoms with van der Waals surface area (Å²) in [6.45, 7) is 6.84. The van der Waals surface area contributed by atoms with E-state index in [9.17, 15) is 4.79 Å². The molecule has 0 N–H and O–H groups in total. The molecule has 1 heterocycles. The quantitative estimate of drug-likeness (QED) is 0.592. The first-order valence-electron chi connectivity index (χ1n) is 8.19. The molecule has 2 aromatic rings. The van der Waals surface area contributed by atoms with Crippen LogP contribution in [0.25, 0.3) is 11.0 Å². The Morgan fingerprint density at radius 2 is 2.09 bits per heavy atom. The van der Waals surface area contributed by atoms with Gasteiger partial charge in [-0.15, -0.1) is 0 Å². The highest BCUT2D eigenvalue weighted by atomic mass is 16.7. The summed E-state index contributed by atoms with van der Waals surface area (Å²) in [4.78, 5) is 17.4. The summed E-state index contributed by atoms with van der Waals surface area (Å²) in [5, 5.41) is 5.12. The molecule has 0 saturated heterocycles. The predicted octanol–water partition coefficient (Wildman–Crippen LogP) is 4.79. The number of hydrogen-bond acceptors (Lipinski definition) is 4. The molecule has 23 heavy (non-hydrogen) atoms. The Morgan fingerprint density at radius 1 is 1.30 bits per heavy atom. The maximum absolute atomic E-state index is 12.2. The SMILES string of the molecule is CC1(C)[C@@H]2CC[C@]1(C)/C(=N\OC(=O)c1cc3ccccc3o1)C2. The van der Waals surface area contributed by atoms with E-state index in [4.69, 9.17) is 9.25 Å². The molecule has 2 fully saturated rings. The zero-order chi connectivity index (χ0) is 16.2. The van der Waals surface area contributed by atoms with Crippen LogP contribution in [0.15, 0.2) is 39.9 Å². The van der Waals surface area contributed by atoms with Gasteiger partial charge in [0.2, 0.25) is 5.76 Å². The molecule has 1 aromatic carbocycles. The minimum Gasteiger partial charge on any atom is -0.449 e. The largest absolute Gasteiger partial charge is 0.449 e. The summed E-state index contributed by atoms with van der Waals surface area (Å²) in [5.41, 5.74) is 1.95. The van der Waals surface area contributed by atoms with E-state index in [2.05, 4.69) is 25.9 Å². The van der Waals surface area contributed by atoms with Crippen LogP contribution >= 0.6 is 0 Å². The van der Waals surface area contributed by atoms with E-state index in [1.807, 2.05) is 24.3 Å². The Kier molecular flexibility index (Phi) is 2.96. The first-order valence-corrected chi connectivity index (χ1v) is 8.19. The molecule has 120 valence electrons. The Balaban J connectivity index is 1.56. The van der Waals surface area contributed by atoms with Gasteiger partial charge in [-0.05, 0) is 42.7 Å². The third-order valence-electron chi connectivity index (χ3n) is 6.38. The van der Waals surface area contributed by atoms with Crippen molar-refractivity contribution in [2.45, 2.75) is 40.0 Å². The third-order valence-corrected chi connectivity index (χ3v) is 6.38. The van der Waals surface area contributed by atoms with Gasteiger partial charge in [0.25, 0.3) is 0 Å². The smallest absolute Gasteiger partial charge is 0.400 e. The van der Waals surface area contributed by atoms with Crippen LogP contribution in [-0.2, 0) is 4.84 Å². The van der Waals surface area contributed by atoms with E-state index in [-0.39, 0.29) is 16.6 Å². The van der Waals surface area contributed by atoms with Crippen molar-refractivity contribution in [2.24, 2.45) is 21.9 Å². The van der Waals surface area contributed by atoms with Crippen LogP contribution in [0.4, 0.5) is 0 Å². The number of hydrogen-bond donors (Lipinski definition) is 0. The topological polar surface area (TPSA) is 51.8 Å². The molecule has 4 nitrogen and oxygen atoms in total. The van der Waals surface area contributed by atoms with Gasteiger partial charge in [-0.3, -0.25) is 0 Å². The van der Waals surface area contributed by atoms with Gasteiger partial charge in [-0.1, -0.05) is 44.1 Å². The summed E-state index contributed by atoms with van der Waals surface area (Å²) in [6.07, 6.45) is 3.28. The number of fused-ring (bicyclic) bond motifs is 3. The average Bonchev–Trinajstić information content (AvgIpc) is 3.11. The molecule has 2 aliphatic rings. The van der Waals surface area contributed by atoms with Gasteiger partial charge in [0.15, 0.2) is 0 Å². The number of furan rings is 1. The second-order valence-electron chi connectivity index (χ2n) is 7.56. The lowest BCUT2D eigenvalue weighted by Gasteiger charge is -2.34. The van der Waals surface area contributed by atoms with E-state index in [0.717, 1.165) is 23.9 Å². The molecule has 2 saturated carbocycles. The Morgan fingerprint density at radius 3 is 2.74 bits per heavy atom. The van der Waals surface area contributed by atoms with Crippen LogP contribution in [0.2, 0.25) is 0 Å². The van der Waals surface area contributed by atoms with Crippen LogP contribution in [0, 0.1) is 16.7 Å². The minimum atomic E-state index is -0.530. The summed E-state index contributed by atoms with van der Waals surface area (Å²) >= 11 is 0. The number of carbonyl (C=O) groups is 1. The maximum Gasteiger partial charge on any atom is 0.400 e. The van der Waals surface area contributed by atoms with E-state index >= 15 is 0 Å². The lowest BCUT2D eigenvalue weighted by molar-refractivity contribution is 0.0474. The number of carbonyl (C=O) groups excluding carboxylic acids is 1. The van der Waals surface area contributed by atoms with Crippen LogP contribution in [-0.4, -0.2) is 11.7 Å². The van der Waals surface area contributed by atoms with Crippen LogP contribution < -0.4 is 0 Å². The molecule has 2 atom stereocenters. The van der Waals surface area contributed by atoms with Gasteiger partial charge in [0, 0.05) is 10.8 Å². The van der Waals surface area contributed by atoms with Gasteiger partial charge in [0.1, 0.15) is 5.58 Å². The fourth-order valence-corrected chi connectivity index (χ4v) is 4.29. The molecular weight excluding hydrogens is 290 g/mol. The minimum absolute atomic E-state index is 0.0336. The molecule has 0 amide bonds. The van der Waals surface area contributed by atoms with Crippen molar-refractivity contribution in [3.8, 4) is 0 Å². The fraction of sp³-hybridized carbons (Fsp3) is 0.474. The molecule has 2 bridgehead atoms. The maximum atomic E-state index is 12.2. The molecule has 0 unspecified atom stereocenters. The van der Waals surface area contributed by atoms with Crippen LogP contribution in [0.5, 0.6) is 0 Å². The van der Waals surface area contributed by atoms with Crippen molar-refractivity contribution in [1.82, 2.24) is 0 Å². The Hall–Kier alpha value is -2.10. The molecule has 0 spiro atoms. The van der Waals surface area contributed by atoms with Crippen molar-refractivity contribution in [3.63, 3.8) is 0 Å². The number of para-hydroxylation sites is 1. The van der Waals surface area contributed by atoms with Crippen molar-refractivity contribution < 1.29 is 14.0 Å². The lowest BCUT2D eigenvalue weighted by Crippen LogP contribution is -2.32. The summed E-state index contributed by atoms with van der Waals surface area (Å²) < 4.78 is 5.53. The van der Waals surface area contributed by atoms with Crippen LogP contribution in [0.3, 0.4) is 0 Å². The molecule has 0 radical (unpaired) electrons. The highest BCUT2D eigenvalue weighted by molar-refractivity contribution is 5.96. The summed E-state index contributed by atoms with van der Waals surface area (Å²) in [5.74, 6) is 0.303. The van der Waals surface area contributed by atoms with Gasteiger partial charge < -0.3 is 9.25 Å². The van der Waals surface area contributed by atoms with Gasteiger partial charge in [-0.25, -0.2) is 4.79 Å². The Labute approximate surface area is 135 Å². The van der Waals surface area contributed by atoms with Crippen molar-refractivity contribution in [2.75, 3.05) is 0 Å². The molecule has 4 heteroatoms. The zero-order valence-corrected chi connectivity index (χ0v) is 13.8. The zero-order valence-electron chi connectivity index (χ0n) is 13.8. The highest BCUT2D eigenvalue weighted by Crippen LogP contribution is 2.64. The molecule has 2 aliphatic carbocycles. The first kappa shape index (κ1) is 14.5. The van der Waals surface area contributed by atoms with Crippen molar-refractivity contribution in [1.29, 1.82) is 0 Å². The van der Waals surface area contributed by atoms with E-state index in [1.54, 1.807) is 6.07 Å². The van der Waals surface area contributed by atoms with Crippen LogP contribution in [0.1, 0.15) is 50.6 Å². The van der Waals surface area contributed by atoms with Gasteiger partial charge in [-0.2, -0.15) is 0 Å².